The smallest absolute Gasteiger partial charge is 0.303 e. The van der Waals surface area contributed by atoms with Gasteiger partial charge in [0.15, 0.2) is 12.6 Å². The minimum Gasteiger partial charge on any atom is -0.481 e. The number of hydrogen-bond acceptors (Lipinski definition) is 9. The van der Waals surface area contributed by atoms with Crippen molar-refractivity contribution in [3.8, 4) is 0 Å². The first-order valence-corrected chi connectivity index (χ1v) is 15.1. The fourth-order valence-electron chi connectivity index (χ4n) is 10.7. The predicted molar refractivity (Wildman–Crippen MR) is 138 cm³/mol. The van der Waals surface area contributed by atoms with Crippen LogP contribution in [-0.4, -0.2) is 86.7 Å². The lowest BCUT2D eigenvalue weighted by Gasteiger charge is -2.67. The summed E-state index contributed by atoms with van der Waals surface area (Å²) in [6, 6.07) is -0.947. The summed E-state index contributed by atoms with van der Waals surface area (Å²) in [5, 5.41) is 50.9. The van der Waals surface area contributed by atoms with Crippen molar-refractivity contribution in [3.05, 3.63) is 0 Å². The second-order valence-electron chi connectivity index (χ2n) is 14.1. The molecule has 2 heterocycles. The highest BCUT2D eigenvalue weighted by molar-refractivity contribution is 5.67. The number of aliphatic hydroxyl groups excluding tert-OH is 4. The molecule has 15 atom stereocenters. The molecule has 10 nitrogen and oxygen atoms in total. The fourth-order valence-corrected chi connectivity index (χ4v) is 10.7. The number of nitrogens with two attached hydrogens (primary N) is 1. The van der Waals surface area contributed by atoms with Crippen molar-refractivity contribution in [1.82, 2.24) is 0 Å². The molecule has 2 bridgehead atoms. The Kier molecular flexibility index (Phi) is 7.15. The highest BCUT2D eigenvalue weighted by Crippen LogP contribution is 2.73. The van der Waals surface area contributed by atoms with Crippen molar-refractivity contribution in [2.24, 2.45) is 46.2 Å². The summed E-state index contributed by atoms with van der Waals surface area (Å²) in [6.07, 6.45) is 3.23. The Morgan fingerprint density at radius 3 is 2.44 bits per heavy atom. The van der Waals surface area contributed by atoms with Crippen LogP contribution < -0.4 is 5.73 Å². The Bertz CT molecular complexity index is 950. The maximum Gasteiger partial charge on any atom is 0.303 e. The zero-order valence-electron chi connectivity index (χ0n) is 23.2. The van der Waals surface area contributed by atoms with Gasteiger partial charge >= 0.3 is 5.97 Å². The summed E-state index contributed by atoms with van der Waals surface area (Å²) in [5.41, 5.74) is 5.59. The molecule has 0 radical (unpaired) electrons. The molecule has 0 unspecified atom stereocenters. The quantitative estimate of drug-likeness (QED) is 0.273. The van der Waals surface area contributed by atoms with Gasteiger partial charge in [-0.3, -0.25) is 4.79 Å². The Morgan fingerprint density at radius 2 is 1.72 bits per heavy atom. The topological polar surface area (TPSA) is 172 Å². The van der Waals surface area contributed by atoms with Crippen LogP contribution in [0.3, 0.4) is 0 Å². The number of fused-ring (bicyclic) bond motifs is 3. The van der Waals surface area contributed by atoms with E-state index in [0.29, 0.717) is 17.8 Å². The number of aliphatic hydroxyl groups is 4. The molecule has 0 aromatic carbocycles. The molecule has 7 N–H and O–H groups in total. The lowest BCUT2D eigenvalue weighted by Crippen LogP contribution is -2.67. The summed E-state index contributed by atoms with van der Waals surface area (Å²) in [5.74, 6) is 0.193. The number of hydrogen-bond donors (Lipinski definition) is 6. The largest absolute Gasteiger partial charge is 0.481 e. The van der Waals surface area contributed by atoms with E-state index in [1.807, 2.05) is 0 Å². The lowest BCUT2D eigenvalue weighted by atomic mass is 9.42. The van der Waals surface area contributed by atoms with Crippen LogP contribution in [0, 0.1) is 40.4 Å². The number of carboxylic acids is 1. The highest BCUT2D eigenvalue weighted by Gasteiger charge is 2.72. The van der Waals surface area contributed by atoms with E-state index in [9.17, 15) is 30.3 Å². The van der Waals surface area contributed by atoms with Crippen molar-refractivity contribution in [3.63, 3.8) is 0 Å². The van der Waals surface area contributed by atoms with Gasteiger partial charge in [0.2, 0.25) is 0 Å². The van der Waals surface area contributed by atoms with Crippen LogP contribution in [0.25, 0.3) is 0 Å². The van der Waals surface area contributed by atoms with Crippen LogP contribution >= 0.6 is 0 Å². The molecular formula is C29H47NO9. The third kappa shape index (κ3) is 4.07. The van der Waals surface area contributed by atoms with E-state index in [0.717, 1.165) is 57.8 Å². The summed E-state index contributed by atoms with van der Waals surface area (Å²) in [7, 11) is 0. The minimum atomic E-state index is -1.17. The first-order valence-electron chi connectivity index (χ1n) is 15.1. The van der Waals surface area contributed by atoms with Crippen LogP contribution in [-0.2, 0) is 19.0 Å². The van der Waals surface area contributed by atoms with Gasteiger partial charge < -0.3 is 45.5 Å². The second-order valence-corrected chi connectivity index (χ2v) is 14.1. The van der Waals surface area contributed by atoms with Crippen LogP contribution in [0.15, 0.2) is 0 Å². The predicted octanol–water partition coefficient (Wildman–Crippen LogP) is 1.36. The third-order valence-electron chi connectivity index (χ3n) is 12.7. The molecule has 6 aliphatic rings. The van der Waals surface area contributed by atoms with Gasteiger partial charge in [-0.2, -0.15) is 0 Å². The molecule has 0 aromatic heterocycles. The summed E-state index contributed by atoms with van der Waals surface area (Å²) < 4.78 is 18.6. The first kappa shape index (κ1) is 28.3. The molecule has 0 spiro atoms. The Morgan fingerprint density at radius 1 is 0.974 bits per heavy atom. The Hall–Kier alpha value is -0.850. The van der Waals surface area contributed by atoms with Gasteiger partial charge in [-0.25, -0.2) is 0 Å². The molecular weight excluding hydrogens is 506 g/mol. The average Bonchev–Trinajstić information content (AvgIpc) is 3.10. The maximum absolute atomic E-state index is 11.6. The van der Waals surface area contributed by atoms with Crippen molar-refractivity contribution >= 4 is 5.97 Å². The second kappa shape index (κ2) is 9.87. The lowest BCUT2D eigenvalue weighted by molar-refractivity contribution is -0.334. The van der Waals surface area contributed by atoms with Crippen molar-refractivity contribution < 1.29 is 44.5 Å². The molecule has 2 saturated heterocycles. The Labute approximate surface area is 230 Å². The number of carbonyl (C=O) groups is 1. The number of carboxylic acid groups (broad SMARTS) is 1. The van der Waals surface area contributed by atoms with Crippen LogP contribution in [0.4, 0.5) is 0 Å². The third-order valence-corrected chi connectivity index (χ3v) is 12.7. The molecule has 4 saturated carbocycles. The van der Waals surface area contributed by atoms with Gasteiger partial charge in [0.1, 0.15) is 18.3 Å². The summed E-state index contributed by atoms with van der Waals surface area (Å²) >= 11 is 0. The van der Waals surface area contributed by atoms with Crippen molar-refractivity contribution in [1.29, 1.82) is 0 Å². The first-order chi connectivity index (χ1) is 18.4. The molecule has 0 aromatic rings. The number of aliphatic carboxylic acids is 1. The van der Waals surface area contributed by atoms with E-state index < -0.39 is 55.1 Å². The molecule has 0 amide bonds. The average molecular weight is 554 g/mol. The van der Waals surface area contributed by atoms with E-state index >= 15 is 0 Å². The standard InChI is InChI=1S/C29H47NO9/c1-27-8-5-15(37-26-24(35)22(30)23(34)20(13-31)38-26)11-14(27)3-4-19-18(27)6-9-28(2)17-7-10-29(19,28)39-25(36)16(17)12-21(32)33/h14-20,22-26,31,34-36H,3-13,30H2,1-2H3,(H,32,33)/t14-,15+,16+,17-,18+,19-,20+,22+,23+,24+,25-,26+,27+,28-,29+/m1/s1. The monoisotopic (exact) mass is 553 g/mol. The number of ether oxygens (including phenoxy) is 3. The highest BCUT2D eigenvalue weighted by atomic mass is 16.7. The molecule has 10 heteroatoms. The zero-order chi connectivity index (χ0) is 27.9. The van der Waals surface area contributed by atoms with Crippen LogP contribution in [0.1, 0.15) is 78.1 Å². The van der Waals surface area contributed by atoms with Gasteiger partial charge in [-0.15, -0.1) is 0 Å². The normalized spacial score (nSPS) is 56.8. The summed E-state index contributed by atoms with van der Waals surface area (Å²) in [4.78, 5) is 11.6. The number of rotatable bonds is 5. The maximum atomic E-state index is 11.6. The van der Waals surface area contributed by atoms with Gasteiger partial charge in [0, 0.05) is 11.3 Å². The van der Waals surface area contributed by atoms with E-state index in [4.69, 9.17) is 19.9 Å². The van der Waals surface area contributed by atoms with Crippen LogP contribution in [0.5, 0.6) is 0 Å². The fraction of sp³-hybridized carbons (Fsp3) is 0.966. The van der Waals surface area contributed by atoms with E-state index in [1.165, 1.54) is 0 Å². The van der Waals surface area contributed by atoms with Gasteiger partial charge in [0.05, 0.1) is 30.8 Å². The Balaban J connectivity index is 1.17. The minimum absolute atomic E-state index is 0.0465. The van der Waals surface area contributed by atoms with Crippen molar-refractivity contribution in [2.45, 2.75) is 127 Å². The van der Waals surface area contributed by atoms with Crippen molar-refractivity contribution in [2.75, 3.05) is 6.61 Å². The zero-order valence-corrected chi connectivity index (χ0v) is 23.2. The molecule has 2 aliphatic heterocycles. The summed E-state index contributed by atoms with van der Waals surface area (Å²) in [6.45, 7) is 4.33. The SMILES string of the molecule is C[C@]12CC[C@H](O[C@H]3O[C@@H](CO)[C@H](O)[C@H](N)[C@@H]3O)C[C@H]1CC[C@@H]1[C@@H]2CC[C@]2(C)[C@@H]3CC[C@]12O[C@@H](O)[C@H]3CC(=O)O. The molecule has 39 heavy (non-hydrogen) atoms. The molecule has 222 valence electrons. The van der Waals surface area contributed by atoms with E-state index in [1.54, 1.807) is 0 Å². The van der Waals surface area contributed by atoms with E-state index in [-0.39, 0.29) is 35.2 Å². The molecule has 6 fully saturated rings. The van der Waals surface area contributed by atoms with Gasteiger partial charge in [-0.1, -0.05) is 13.8 Å². The van der Waals surface area contributed by atoms with Crippen LogP contribution in [0.2, 0.25) is 0 Å². The van der Waals surface area contributed by atoms with Gasteiger partial charge in [-0.05, 0) is 86.9 Å². The molecule has 4 aliphatic carbocycles. The van der Waals surface area contributed by atoms with E-state index in [2.05, 4.69) is 13.8 Å². The van der Waals surface area contributed by atoms with Gasteiger partial charge in [0.25, 0.3) is 0 Å². The molecule has 6 rings (SSSR count).